The summed E-state index contributed by atoms with van der Waals surface area (Å²) in [6.45, 7) is 0. The third kappa shape index (κ3) is 3.53. The van der Waals surface area contributed by atoms with Gasteiger partial charge in [-0.3, -0.25) is 5.43 Å². The van der Waals surface area contributed by atoms with Crippen molar-refractivity contribution in [3.63, 3.8) is 0 Å². The normalized spacial score (nSPS) is 16.3. The molecule has 112 valence electrons. The van der Waals surface area contributed by atoms with Crippen LogP contribution < -0.4 is 5.43 Å². The molecule has 0 fully saturated rings. The molecule has 0 aromatic heterocycles. The first-order chi connectivity index (χ1) is 10.6. The summed E-state index contributed by atoms with van der Waals surface area (Å²) in [4.78, 5) is 4.44. The van der Waals surface area contributed by atoms with Crippen molar-refractivity contribution in [1.82, 2.24) is 5.43 Å². The monoisotopic (exact) mass is 381 g/mol. The van der Waals surface area contributed by atoms with Crippen LogP contribution in [0.5, 0.6) is 0 Å². The molecular weight excluding hydrogens is 372 g/mol. The molecule has 22 heavy (non-hydrogen) atoms. The Hall–Kier alpha value is -1.73. The summed E-state index contributed by atoms with van der Waals surface area (Å²) < 4.78 is 27.1. The Morgan fingerprint density at radius 1 is 1.14 bits per heavy atom. The van der Waals surface area contributed by atoms with Crippen LogP contribution in [0.1, 0.15) is 5.56 Å². The molecular formula is C15H10BrF2N3S. The van der Waals surface area contributed by atoms with Gasteiger partial charge in [0, 0.05) is 15.8 Å². The van der Waals surface area contributed by atoms with Crippen LogP contribution in [0.15, 0.2) is 57.0 Å². The standard InChI is InChI=1S/C15H10BrF2N3S/c16-10-2-1-3-11(7-10)19-15-21-20-14(8-22-15)9-4-5-12(17)13(18)6-9/h1-7H,8H2,(H,19,21). The van der Waals surface area contributed by atoms with Crippen LogP contribution in [-0.4, -0.2) is 16.6 Å². The highest BCUT2D eigenvalue weighted by Crippen LogP contribution is 2.22. The van der Waals surface area contributed by atoms with Crippen molar-refractivity contribution < 1.29 is 8.78 Å². The molecule has 1 heterocycles. The Morgan fingerprint density at radius 2 is 2.00 bits per heavy atom. The Balaban J connectivity index is 1.78. The molecule has 1 N–H and O–H groups in total. The third-order valence-electron chi connectivity index (χ3n) is 2.92. The molecule has 0 atom stereocenters. The van der Waals surface area contributed by atoms with Gasteiger partial charge in [-0.25, -0.2) is 13.8 Å². The van der Waals surface area contributed by atoms with Gasteiger partial charge in [-0.15, -0.1) is 0 Å². The number of rotatable bonds is 2. The van der Waals surface area contributed by atoms with E-state index in [1.54, 1.807) is 0 Å². The first-order valence-corrected chi connectivity index (χ1v) is 8.15. The number of hydrogen-bond donors (Lipinski definition) is 1. The number of nitrogens with one attached hydrogen (secondary N) is 1. The molecule has 7 heteroatoms. The van der Waals surface area contributed by atoms with Gasteiger partial charge in [0.05, 0.1) is 11.4 Å². The van der Waals surface area contributed by atoms with E-state index in [0.29, 0.717) is 22.2 Å². The van der Waals surface area contributed by atoms with E-state index in [9.17, 15) is 8.78 Å². The second kappa shape index (κ2) is 6.58. The van der Waals surface area contributed by atoms with Crippen molar-refractivity contribution >= 4 is 44.3 Å². The zero-order valence-corrected chi connectivity index (χ0v) is 13.6. The average Bonchev–Trinajstić information content (AvgIpc) is 2.51. The fraction of sp³-hybridized carbons (Fsp3) is 0.0667. The molecule has 0 amide bonds. The molecule has 0 aliphatic carbocycles. The van der Waals surface area contributed by atoms with E-state index in [0.717, 1.165) is 22.3 Å². The lowest BCUT2D eigenvalue weighted by molar-refractivity contribution is 0.508. The highest BCUT2D eigenvalue weighted by Gasteiger charge is 2.14. The van der Waals surface area contributed by atoms with E-state index < -0.39 is 11.6 Å². The molecule has 1 aliphatic rings. The first-order valence-electron chi connectivity index (χ1n) is 6.37. The maximum absolute atomic E-state index is 13.3. The number of benzene rings is 2. The summed E-state index contributed by atoms with van der Waals surface area (Å²) in [6.07, 6.45) is 0. The number of amidine groups is 1. The Labute approximate surface area is 138 Å². The van der Waals surface area contributed by atoms with E-state index >= 15 is 0 Å². The van der Waals surface area contributed by atoms with Gasteiger partial charge in [-0.05, 0) is 36.4 Å². The van der Waals surface area contributed by atoms with Gasteiger partial charge in [0.1, 0.15) is 0 Å². The van der Waals surface area contributed by atoms with Crippen molar-refractivity contribution in [1.29, 1.82) is 0 Å². The molecule has 1 aliphatic heterocycles. The Morgan fingerprint density at radius 3 is 2.68 bits per heavy atom. The summed E-state index contributed by atoms with van der Waals surface area (Å²) in [5.41, 5.74) is 4.85. The lowest BCUT2D eigenvalue weighted by Gasteiger charge is -2.15. The molecule has 0 saturated carbocycles. The van der Waals surface area contributed by atoms with Crippen LogP contribution >= 0.6 is 27.7 Å². The Bertz CT molecular complexity index is 777. The van der Waals surface area contributed by atoms with Crippen LogP contribution in [0.3, 0.4) is 0 Å². The Kier molecular flexibility index (Phi) is 4.54. The largest absolute Gasteiger partial charge is 0.255 e. The highest BCUT2D eigenvalue weighted by atomic mass is 79.9. The molecule has 2 aromatic rings. The highest BCUT2D eigenvalue weighted by molar-refractivity contribution is 9.10. The zero-order valence-electron chi connectivity index (χ0n) is 11.2. The third-order valence-corrected chi connectivity index (χ3v) is 4.29. The molecule has 0 bridgehead atoms. The van der Waals surface area contributed by atoms with Gasteiger partial charge >= 0.3 is 0 Å². The van der Waals surface area contributed by atoms with Gasteiger partial charge in [0.25, 0.3) is 0 Å². The molecule has 2 aromatic carbocycles. The predicted octanol–water partition coefficient (Wildman–Crippen LogP) is 4.46. The second-order valence-corrected chi connectivity index (χ2v) is 6.36. The van der Waals surface area contributed by atoms with Crippen molar-refractivity contribution in [3.05, 3.63) is 64.1 Å². The molecule has 0 saturated heterocycles. The summed E-state index contributed by atoms with van der Waals surface area (Å²) in [5.74, 6) is -1.21. The molecule has 3 rings (SSSR count). The van der Waals surface area contributed by atoms with Crippen LogP contribution in [0.2, 0.25) is 0 Å². The number of hydrogen-bond acceptors (Lipinski definition) is 3. The van der Waals surface area contributed by atoms with Gasteiger partial charge in [-0.2, -0.15) is 5.10 Å². The fourth-order valence-corrected chi connectivity index (χ4v) is 3.03. The minimum Gasteiger partial charge on any atom is -0.255 e. The molecule has 0 radical (unpaired) electrons. The van der Waals surface area contributed by atoms with E-state index in [4.69, 9.17) is 0 Å². The van der Waals surface area contributed by atoms with Crippen molar-refractivity contribution in [2.75, 3.05) is 5.75 Å². The van der Waals surface area contributed by atoms with Gasteiger partial charge in [-0.1, -0.05) is 33.8 Å². The first kappa shape index (κ1) is 15.2. The zero-order chi connectivity index (χ0) is 15.5. The number of thioether (sulfide) groups is 1. The van der Waals surface area contributed by atoms with Crippen molar-refractivity contribution in [2.45, 2.75) is 0 Å². The number of hydrazone groups is 1. The fourth-order valence-electron chi connectivity index (χ4n) is 1.86. The van der Waals surface area contributed by atoms with E-state index in [1.807, 2.05) is 24.3 Å². The minimum absolute atomic E-state index is 0.533. The van der Waals surface area contributed by atoms with Crippen LogP contribution in [0.25, 0.3) is 0 Å². The van der Waals surface area contributed by atoms with Crippen molar-refractivity contribution in [2.24, 2.45) is 10.1 Å². The number of aliphatic imine (C=N–C) groups is 1. The smallest absolute Gasteiger partial charge is 0.182 e. The maximum atomic E-state index is 13.3. The number of halogens is 3. The second-order valence-electron chi connectivity index (χ2n) is 4.48. The maximum Gasteiger partial charge on any atom is 0.182 e. The lowest BCUT2D eigenvalue weighted by atomic mass is 10.1. The van der Waals surface area contributed by atoms with E-state index in [2.05, 4.69) is 31.4 Å². The average molecular weight is 382 g/mol. The predicted molar refractivity (Wildman–Crippen MR) is 89.7 cm³/mol. The summed E-state index contributed by atoms with van der Waals surface area (Å²) >= 11 is 4.84. The summed E-state index contributed by atoms with van der Waals surface area (Å²) in [7, 11) is 0. The van der Waals surface area contributed by atoms with Gasteiger partial charge in [0.2, 0.25) is 0 Å². The topological polar surface area (TPSA) is 36.8 Å². The van der Waals surface area contributed by atoms with Gasteiger partial charge < -0.3 is 0 Å². The summed E-state index contributed by atoms with van der Waals surface area (Å²) in [6, 6.07) is 11.3. The van der Waals surface area contributed by atoms with Crippen LogP contribution in [0.4, 0.5) is 14.5 Å². The lowest BCUT2D eigenvalue weighted by Crippen LogP contribution is -2.25. The molecule has 0 spiro atoms. The van der Waals surface area contributed by atoms with Crippen molar-refractivity contribution in [3.8, 4) is 0 Å². The number of nitrogens with zero attached hydrogens (tertiary/aromatic N) is 2. The van der Waals surface area contributed by atoms with Crippen LogP contribution in [0, 0.1) is 11.6 Å². The van der Waals surface area contributed by atoms with E-state index in [-0.39, 0.29) is 0 Å². The van der Waals surface area contributed by atoms with Crippen LogP contribution in [-0.2, 0) is 0 Å². The molecule has 0 unspecified atom stereocenters. The SMILES string of the molecule is Fc1ccc(C2=NNC(=Nc3cccc(Br)c3)SC2)cc1F. The quantitative estimate of drug-likeness (QED) is 0.833. The van der Waals surface area contributed by atoms with Gasteiger partial charge in [0.15, 0.2) is 16.8 Å². The minimum atomic E-state index is -0.876. The van der Waals surface area contributed by atoms with E-state index in [1.165, 1.54) is 17.8 Å². The molecule has 3 nitrogen and oxygen atoms in total. The summed E-state index contributed by atoms with van der Waals surface area (Å²) in [5, 5.41) is 4.84.